The molecule has 0 amide bonds. The largest absolute Gasteiger partial charge is 0.392 e. The molecule has 1 N–H and O–H groups in total. The highest BCUT2D eigenvalue weighted by Gasteiger charge is 2.15. The van der Waals surface area contributed by atoms with Gasteiger partial charge >= 0.3 is 0 Å². The highest BCUT2D eigenvalue weighted by Crippen LogP contribution is 2.12. The van der Waals surface area contributed by atoms with E-state index in [1.165, 1.54) is 0 Å². The van der Waals surface area contributed by atoms with E-state index in [1.54, 1.807) is 0 Å². The minimum absolute atomic E-state index is 0.337. The second kappa shape index (κ2) is 5.89. The lowest BCUT2D eigenvalue weighted by atomic mass is 10.2. The molecule has 2 aromatic heterocycles. The number of rotatable bonds is 5. The first-order valence-electron chi connectivity index (χ1n) is 7.11. The standard InChI is InChI=1S/C15H24N4O/c1-10(2)18(7-13(5)20)8-14-9-19-12(4)6-11(3)16-15(19)17-14/h6,9-10,13,20H,7-8H2,1-5H3. The Kier molecular flexibility index (Phi) is 4.40. The van der Waals surface area contributed by atoms with Crippen molar-refractivity contribution in [3.63, 3.8) is 0 Å². The Morgan fingerprint density at radius 1 is 1.25 bits per heavy atom. The lowest BCUT2D eigenvalue weighted by molar-refractivity contribution is 0.102. The first-order valence-corrected chi connectivity index (χ1v) is 7.11. The zero-order chi connectivity index (χ0) is 14.9. The second-order valence-electron chi connectivity index (χ2n) is 5.81. The molecule has 0 saturated carbocycles. The lowest BCUT2D eigenvalue weighted by Crippen LogP contribution is -2.36. The van der Waals surface area contributed by atoms with Crippen molar-refractivity contribution in [1.29, 1.82) is 0 Å². The van der Waals surface area contributed by atoms with Crippen molar-refractivity contribution in [2.75, 3.05) is 6.54 Å². The van der Waals surface area contributed by atoms with Crippen molar-refractivity contribution >= 4 is 5.78 Å². The van der Waals surface area contributed by atoms with Gasteiger partial charge in [0.25, 0.3) is 0 Å². The maximum Gasteiger partial charge on any atom is 0.234 e. The van der Waals surface area contributed by atoms with Gasteiger partial charge in [-0.25, -0.2) is 9.97 Å². The van der Waals surface area contributed by atoms with Crippen molar-refractivity contribution in [3.05, 3.63) is 29.3 Å². The van der Waals surface area contributed by atoms with Gasteiger partial charge in [-0.3, -0.25) is 9.30 Å². The van der Waals surface area contributed by atoms with Gasteiger partial charge in [-0.05, 0) is 40.7 Å². The molecule has 0 saturated heterocycles. The predicted octanol–water partition coefficient (Wildman–Crippen LogP) is 1.94. The van der Waals surface area contributed by atoms with Crippen molar-refractivity contribution < 1.29 is 5.11 Å². The van der Waals surface area contributed by atoms with Gasteiger partial charge < -0.3 is 5.11 Å². The number of aliphatic hydroxyl groups is 1. The van der Waals surface area contributed by atoms with E-state index in [-0.39, 0.29) is 6.10 Å². The molecule has 2 heterocycles. The SMILES string of the molecule is Cc1cc(C)n2cc(CN(CC(C)O)C(C)C)nc2n1. The van der Waals surface area contributed by atoms with Crippen molar-refractivity contribution in [1.82, 2.24) is 19.3 Å². The van der Waals surface area contributed by atoms with Gasteiger partial charge in [-0.15, -0.1) is 0 Å². The first kappa shape index (κ1) is 14.9. The number of aliphatic hydroxyl groups excluding tert-OH is 1. The highest BCUT2D eigenvalue weighted by molar-refractivity contribution is 5.34. The van der Waals surface area contributed by atoms with Crippen molar-refractivity contribution in [3.8, 4) is 0 Å². The summed E-state index contributed by atoms with van der Waals surface area (Å²) in [5.74, 6) is 0.748. The second-order valence-corrected chi connectivity index (χ2v) is 5.81. The number of aromatic nitrogens is 3. The van der Waals surface area contributed by atoms with Crippen LogP contribution in [0.4, 0.5) is 0 Å². The fraction of sp³-hybridized carbons (Fsp3) is 0.600. The molecule has 0 aliphatic rings. The molecule has 1 atom stereocenters. The summed E-state index contributed by atoms with van der Waals surface area (Å²) in [6.45, 7) is 11.5. The van der Waals surface area contributed by atoms with Gasteiger partial charge in [-0.1, -0.05) is 0 Å². The van der Waals surface area contributed by atoms with Crippen LogP contribution in [-0.2, 0) is 6.54 Å². The Morgan fingerprint density at radius 3 is 2.55 bits per heavy atom. The number of nitrogens with zero attached hydrogens (tertiary/aromatic N) is 4. The Hall–Kier alpha value is -1.46. The molecule has 20 heavy (non-hydrogen) atoms. The molecule has 0 spiro atoms. The highest BCUT2D eigenvalue weighted by atomic mass is 16.3. The van der Waals surface area contributed by atoms with Crippen LogP contribution in [0.1, 0.15) is 37.9 Å². The molecule has 0 aliphatic heterocycles. The number of hydrogen-bond donors (Lipinski definition) is 1. The fourth-order valence-electron chi connectivity index (χ4n) is 2.40. The maximum absolute atomic E-state index is 9.59. The van der Waals surface area contributed by atoms with Crippen molar-refractivity contribution in [2.24, 2.45) is 0 Å². The molecule has 0 bridgehead atoms. The average molecular weight is 276 g/mol. The number of fused-ring (bicyclic) bond motifs is 1. The van der Waals surface area contributed by atoms with Gasteiger partial charge in [-0.2, -0.15) is 0 Å². The minimum atomic E-state index is -0.337. The predicted molar refractivity (Wildman–Crippen MR) is 79.7 cm³/mol. The Morgan fingerprint density at radius 2 is 1.95 bits per heavy atom. The van der Waals surface area contributed by atoms with Gasteiger partial charge in [0.2, 0.25) is 5.78 Å². The van der Waals surface area contributed by atoms with E-state index < -0.39 is 0 Å². The van der Waals surface area contributed by atoms with Crippen LogP contribution in [0, 0.1) is 13.8 Å². The van der Waals surface area contributed by atoms with E-state index in [1.807, 2.05) is 24.4 Å². The van der Waals surface area contributed by atoms with Gasteiger partial charge in [0.15, 0.2) is 0 Å². The number of imidazole rings is 1. The minimum Gasteiger partial charge on any atom is -0.392 e. The molecule has 1 unspecified atom stereocenters. The summed E-state index contributed by atoms with van der Waals surface area (Å²) in [6.07, 6.45) is 1.70. The molecule has 110 valence electrons. The smallest absolute Gasteiger partial charge is 0.234 e. The molecular formula is C15H24N4O. The van der Waals surface area contributed by atoms with E-state index in [4.69, 9.17) is 0 Å². The molecule has 0 aromatic carbocycles. The molecule has 0 aliphatic carbocycles. The van der Waals surface area contributed by atoms with Gasteiger partial charge in [0.05, 0.1) is 11.8 Å². The summed E-state index contributed by atoms with van der Waals surface area (Å²) in [4.78, 5) is 11.3. The van der Waals surface area contributed by atoms with Crippen molar-refractivity contribution in [2.45, 2.75) is 53.3 Å². The van der Waals surface area contributed by atoms with E-state index in [2.05, 4.69) is 41.7 Å². The average Bonchev–Trinajstić information content (AvgIpc) is 2.70. The fourth-order valence-corrected chi connectivity index (χ4v) is 2.40. The Labute approximate surface area is 120 Å². The van der Waals surface area contributed by atoms with E-state index in [9.17, 15) is 5.11 Å². The maximum atomic E-state index is 9.59. The summed E-state index contributed by atoms with van der Waals surface area (Å²) < 4.78 is 2.02. The van der Waals surface area contributed by atoms with Crippen LogP contribution in [0.25, 0.3) is 5.78 Å². The first-order chi connectivity index (χ1) is 9.36. The third-order valence-corrected chi connectivity index (χ3v) is 3.41. The van der Waals surface area contributed by atoms with E-state index in [0.717, 1.165) is 29.4 Å². The number of hydrogen-bond acceptors (Lipinski definition) is 4. The topological polar surface area (TPSA) is 53.7 Å². The third kappa shape index (κ3) is 3.35. The van der Waals surface area contributed by atoms with Crippen LogP contribution in [0.15, 0.2) is 12.3 Å². The monoisotopic (exact) mass is 276 g/mol. The molecule has 5 nitrogen and oxygen atoms in total. The van der Waals surface area contributed by atoms with Gasteiger partial charge in [0, 0.05) is 36.7 Å². The van der Waals surface area contributed by atoms with E-state index in [0.29, 0.717) is 12.6 Å². The van der Waals surface area contributed by atoms with Crippen LogP contribution < -0.4 is 0 Å². The molecule has 2 rings (SSSR count). The lowest BCUT2D eigenvalue weighted by Gasteiger charge is -2.26. The van der Waals surface area contributed by atoms with Crippen LogP contribution in [-0.4, -0.2) is 43.1 Å². The molecule has 5 heteroatoms. The van der Waals surface area contributed by atoms with Crippen LogP contribution in [0.5, 0.6) is 0 Å². The molecule has 2 aromatic rings. The summed E-state index contributed by atoms with van der Waals surface area (Å²) >= 11 is 0. The summed E-state index contributed by atoms with van der Waals surface area (Å²) in [5, 5.41) is 9.59. The molecule has 0 fully saturated rings. The van der Waals surface area contributed by atoms with Gasteiger partial charge in [0.1, 0.15) is 0 Å². The zero-order valence-electron chi connectivity index (χ0n) is 13.0. The summed E-state index contributed by atoms with van der Waals surface area (Å²) in [5.41, 5.74) is 3.11. The summed E-state index contributed by atoms with van der Waals surface area (Å²) in [7, 11) is 0. The van der Waals surface area contributed by atoms with Crippen LogP contribution >= 0.6 is 0 Å². The zero-order valence-corrected chi connectivity index (χ0v) is 13.0. The summed E-state index contributed by atoms with van der Waals surface area (Å²) in [6, 6.07) is 2.42. The quantitative estimate of drug-likeness (QED) is 0.906. The normalized spacial score (nSPS) is 13.6. The van der Waals surface area contributed by atoms with E-state index >= 15 is 0 Å². The third-order valence-electron chi connectivity index (χ3n) is 3.41. The number of aryl methyl sites for hydroxylation is 2. The Balaban J connectivity index is 2.26. The molecular weight excluding hydrogens is 252 g/mol. The van der Waals surface area contributed by atoms with Crippen LogP contribution in [0.2, 0.25) is 0 Å². The molecule has 0 radical (unpaired) electrons. The Bertz CT molecular complexity index is 589. The van der Waals surface area contributed by atoms with Crippen LogP contribution in [0.3, 0.4) is 0 Å².